The van der Waals surface area contributed by atoms with Crippen molar-refractivity contribution in [3.63, 3.8) is 0 Å². The fraction of sp³-hybridized carbons (Fsp3) is 0. The van der Waals surface area contributed by atoms with E-state index in [4.69, 9.17) is 4.89 Å². The Labute approximate surface area is 38.8 Å². The lowest BCUT2D eigenvalue weighted by molar-refractivity contribution is 0.507. The van der Waals surface area contributed by atoms with Crippen LogP contribution in [0, 0.1) is 0 Å². The van der Waals surface area contributed by atoms with Gasteiger partial charge in [-0.1, -0.05) is 6.58 Å². The monoisotopic (exact) mass is 124 g/mol. The first-order valence-electron chi connectivity index (χ1n) is 1.31. The Bertz CT molecular complexity index is 91.7. The van der Waals surface area contributed by atoms with Crippen LogP contribution < -0.4 is 0 Å². The molecule has 2 nitrogen and oxygen atoms in total. The van der Waals surface area contributed by atoms with Gasteiger partial charge < -0.3 is 4.89 Å². The molecule has 0 aliphatic heterocycles. The molecule has 2 unspecified atom stereocenters. The van der Waals surface area contributed by atoms with Crippen molar-refractivity contribution < 1.29 is 9.46 Å². The summed E-state index contributed by atoms with van der Waals surface area (Å²) in [5.74, 6) is 1.01. The van der Waals surface area contributed by atoms with E-state index in [1.807, 2.05) is 0 Å². The van der Waals surface area contributed by atoms with Crippen molar-refractivity contribution in [2.45, 2.75) is 0 Å². The van der Waals surface area contributed by atoms with Gasteiger partial charge in [-0.05, 0) is 14.7 Å². The molecule has 2 atom stereocenters. The maximum absolute atomic E-state index is 9.98. The second kappa shape index (κ2) is 1.88. The highest BCUT2D eigenvalue weighted by Crippen LogP contribution is 2.50. The topological polar surface area (TPSA) is 37.3 Å². The predicted molar refractivity (Wildman–Crippen MR) is 29.7 cm³/mol. The summed E-state index contributed by atoms with van der Waals surface area (Å²) in [4.78, 5) is 8.23. The molecule has 0 aromatic heterocycles. The van der Waals surface area contributed by atoms with E-state index in [0.29, 0.717) is 0 Å². The molecule has 0 amide bonds. The minimum atomic E-state index is -2.97. The van der Waals surface area contributed by atoms with Crippen LogP contribution in [0.4, 0.5) is 0 Å². The quantitative estimate of drug-likeness (QED) is 0.533. The third-order valence-electron chi connectivity index (χ3n) is 0.262. The Morgan fingerprint density at radius 1 is 2.00 bits per heavy atom. The first-order valence-corrected chi connectivity index (χ1v) is 4.65. The first-order chi connectivity index (χ1) is 2.56. The standard InChI is InChI=1S/C2H6O2P2/c1-2-6(3,4)5/h2H,1,5H2,(H,3,4). The summed E-state index contributed by atoms with van der Waals surface area (Å²) in [6.07, 6.45) is 0. The van der Waals surface area contributed by atoms with E-state index >= 15 is 0 Å². The van der Waals surface area contributed by atoms with Crippen molar-refractivity contribution in [1.29, 1.82) is 0 Å². The number of rotatable bonds is 1. The Hall–Kier alpha value is 0.360. The summed E-state index contributed by atoms with van der Waals surface area (Å²) in [7, 11) is -1.18. The molecule has 0 saturated heterocycles. The molecule has 0 bridgehead atoms. The third-order valence-corrected chi connectivity index (χ3v) is 1.42. The van der Waals surface area contributed by atoms with Crippen molar-refractivity contribution in [2.75, 3.05) is 0 Å². The third kappa shape index (κ3) is 4.36. The Balaban J connectivity index is 3.81. The van der Waals surface area contributed by atoms with Crippen molar-refractivity contribution in [2.24, 2.45) is 0 Å². The smallest absolute Gasteiger partial charge is 0.235 e. The molecule has 0 rings (SSSR count). The van der Waals surface area contributed by atoms with Gasteiger partial charge >= 0.3 is 0 Å². The van der Waals surface area contributed by atoms with Crippen LogP contribution >= 0.6 is 16.0 Å². The average Bonchev–Trinajstić information content (AvgIpc) is 1.35. The van der Waals surface area contributed by atoms with Crippen LogP contribution in [0.1, 0.15) is 0 Å². The fourth-order valence-corrected chi connectivity index (χ4v) is 0. The zero-order chi connectivity index (χ0) is 5.21. The summed E-state index contributed by atoms with van der Waals surface area (Å²) >= 11 is 0. The highest BCUT2D eigenvalue weighted by molar-refractivity contribution is 8.15. The van der Waals surface area contributed by atoms with E-state index in [1.165, 1.54) is 0 Å². The Morgan fingerprint density at radius 3 is 2.17 bits per heavy atom. The lowest BCUT2D eigenvalue weighted by Gasteiger charge is -1.89. The van der Waals surface area contributed by atoms with E-state index in [2.05, 4.69) is 6.58 Å². The lowest BCUT2D eigenvalue weighted by atomic mass is 11.3. The maximum Gasteiger partial charge on any atom is 0.235 e. The van der Waals surface area contributed by atoms with Gasteiger partial charge in [-0.25, -0.2) is 0 Å². The van der Waals surface area contributed by atoms with Gasteiger partial charge in [0.1, 0.15) is 0 Å². The van der Waals surface area contributed by atoms with Crippen LogP contribution in [-0.4, -0.2) is 4.89 Å². The van der Waals surface area contributed by atoms with Crippen molar-refractivity contribution >= 4 is 16.0 Å². The van der Waals surface area contributed by atoms with Gasteiger partial charge in [0.25, 0.3) is 0 Å². The normalized spacial score (nSPS) is 19.0. The van der Waals surface area contributed by atoms with E-state index in [0.717, 1.165) is 5.82 Å². The van der Waals surface area contributed by atoms with E-state index in [1.54, 1.807) is 8.93 Å². The van der Waals surface area contributed by atoms with Gasteiger partial charge in [0.05, 0.1) is 0 Å². The second-order valence-electron chi connectivity index (χ2n) is 0.855. The zero-order valence-corrected chi connectivity index (χ0v) is 5.21. The minimum absolute atomic E-state index is 1.01. The van der Waals surface area contributed by atoms with Gasteiger partial charge in [-0.3, -0.25) is 4.57 Å². The zero-order valence-electron chi connectivity index (χ0n) is 3.16. The van der Waals surface area contributed by atoms with Gasteiger partial charge in [-0.15, -0.1) is 0 Å². The van der Waals surface area contributed by atoms with E-state index < -0.39 is 7.06 Å². The highest BCUT2D eigenvalue weighted by Gasteiger charge is 1.97. The molecule has 36 valence electrons. The molecule has 0 aliphatic carbocycles. The Morgan fingerprint density at radius 2 is 2.17 bits per heavy atom. The fourth-order valence-electron chi connectivity index (χ4n) is 0. The molecule has 0 fully saturated rings. The lowest BCUT2D eigenvalue weighted by Crippen LogP contribution is -1.49. The summed E-state index contributed by atoms with van der Waals surface area (Å²) in [5, 5.41) is 0. The Kier molecular flexibility index (Phi) is 1.99. The summed E-state index contributed by atoms with van der Waals surface area (Å²) in [6, 6.07) is 0. The average molecular weight is 124 g/mol. The first kappa shape index (κ1) is 6.36. The van der Waals surface area contributed by atoms with Crippen LogP contribution in [0.25, 0.3) is 0 Å². The SMILES string of the molecule is C=CP(=O)(O)P. The van der Waals surface area contributed by atoms with Crippen LogP contribution in [0.2, 0.25) is 0 Å². The molecule has 0 aromatic rings. The maximum atomic E-state index is 9.98. The van der Waals surface area contributed by atoms with Crippen LogP contribution in [0.3, 0.4) is 0 Å². The molecule has 0 aromatic carbocycles. The molecular formula is C2H6O2P2. The van der Waals surface area contributed by atoms with Gasteiger partial charge in [-0.2, -0.15) is 0 Å². The van der Waals surface area contributed by atoms with Crippen molar-refractivity contribution in [3.05, 3.63) is 12.4 Å². The molecule has 6 heavy (non-hydrogen) atoms. The molecule has 0 radical (unpaired) electrons. The molecule has 4 heteroatoms. The van der Waals surface area contributed by atoms with Crippen LogP contribution in [0.15, 0.2) is 12.4 Å². The van der Waals surface area contributed by atoms with E-state index in [-0.39, 0.29) is 0 Å². The van der Waals surface area contributed by atoms with Gasteiger partial charge in [0.2, 0.25) is 7.06 Å². The number of hydrogen-bond acceptors (Lipinski definition) is 1. The summed E-state index contributed by atoms with van der Waals surface area (Å²) in [6.45, 7) is 3.10. The summed E-state index contributed by atoms with van der Waals surface area (Å²) in [5.41, 5.74) is 0. The molecular weight excluding hydrogens is 118 g/mol. The molecule has 0 heterocycles. The van der Waals surface area contributed by atoms with E-state index in [9.17, 15) is 4.57 Å². The summed E-state index contributed by atoms with van der Waals surface area (Å²) < 4.78 is 9.98. The largest absolute Gasteiger partial charge is 0.339 e. The molecule has 0 spiro atoms. The highest BCUT2D eigenvalue weighted by atomic mass is 32.0. The molecule has 0 aliphatic rings. The van der Waals surface area contributed by atoms with Gasteiger partial charge in [0.15, 0.2) is 0 Å². The van der Waals surface area contributed by atoms with Gasteiger partial charge in [0, 0.05) is 0 Å². The molecule has 0 saturated carbocycles. The van der Waals surface area contributed by atoms with Crippen molar-refractivity contribution in [3.8, 4) is 0 Å². The predicted octanol–water partition coefficient (Wildman–Crippen LogP) is 1.19. The van der Waals surface area contributed by atoms with Crippen molar-refractivity contribution in [1.82, 2.24) is 0 Å². The number of hydrogen-bond donors (Lipinski definition) is 1. The van der Waals surface area contributed by atoms with Crippen LogP contribution in [0.5, 0.6) is 0 Å². The molecule has 1 N–H and O–H groups in total. The van der Waals surface area contributed by atoms with Crippen LogP contribution in [-0.2, 0) is 4.57 Å². The second-order valence-corrected chi connectivity index (χ2v) is 4.78. The minimum Gasteiger partial charge on any atom is -0.339 e.